The molecule has 0 aliphatic carbocycles. The first kappa shape index (κ1) is 28.0. The molecule has 2 heterocycles. The molecule has 9 nitrogen and oxygen atoms in total. The second-order valence-corrected chi connectivity index (χ2v) is 9.58. The third-order valence-electron chi connectivity index (χ3n) is 5.88. The summed E-state index contributed by atoms with van der Waals surface area (Å²) in [6, 6.07) is 10.2. The molecular weight excluding hydrogens is 539 g/mol. The summed E-state index contributed by atoms with van der Waals surface area (Å²) in [5.41, 5.74) is -1.44. The first-order valence-electron chi connectivity index (χ1n) is 11.6. The highest BCUT2D eigenvalue weighted by Crippen LogP contribution is 2.35. The molecule has 0 aliphatic heterocycles. The lowest BCUT2D eigenvalue weighted by atomic mass is 10.0. The van der Waals surface area contributed by atoms with E-state index in [9.17, 15) is 27.6 Å². The molecule has 0 spiro atoms. The zero-order valence-electron chi connectivity index (χ0n) is 21.4. The molecule has 0 fully saturated rings. The maximum atomic E-state index is 13.3. The van der Waals surface area contributed by atoms with Gasteiger partial charge in [-0.25, -0.2) is 14.2 Å². The molecule has 0 amide bonds. The number of ether oxygens (including phenoxy) is 3. The smallest absolute Gasteiger partial charge is 0.431 e. The van der Waals surface area contributed by atoms with Crippen molar-refractivity contribution in [3.63, 3.8) is 0 Å². The van der Waals surface area contributed by atoms with Gasteiger partial charge in [-0.05, 0) is 61.3 Å². The van der Waals surface area contributed by atoms with Crippen LogP contribution < -0.4 is 16.0 Å². The number of halogens is 3. The molecule has 0 saturated carbocycles. The summed E-state index contributed by atoms with van der Waals surface area (Å²) in [4.78, 5) is 37.4. The number of aromatic nitrogens is 3. The molecule has 0 radical (unpaired) electrons. The Morgan fingerprint density at radius 2 is 1.87 bits per heavy atom. The molecule has 0 N–H and O–H groups in total. The minimum Gasteiger partial charge on any atom is -0.482 e. The van der Waals surface area contributed by atoms with Gasteiger partial charge in [0, 0.05) is 31.2 Å². The minimum atomic E-state index is -4.86. The van der Waals surface area contributed by atoms with Crippen LogP contribution in [-0.4, -0.2) is 45.9 Å². The van der Waals surface area contributed by atoms with E-state index in [0.717, 1.165) is 17.3 Å². The second kappa shape index (κ2) is 11.0. The molecule has 206 valence electrons. The van der Waals surface area contributed by atoms with Crippen LogP contribution in [0.2, 0.25) is 0 Å². The number of rotatable bonds is 8. The van der Waals surface area contributed by atoms with Crippen molar-refractivity contribution < 1.29 is 32.2 Å². The van der Waals surface area contributed by atoms with E-state index in [1.54, 1.807) is 31.2 Å². The van der Waals surface area contributed by atoms with Crippen molar-refractivity contribution in [2.24, 2.45) is 7.05 Å². The zero-order chi connectivity index (χ0) is 28.5. The van der Waals surface area contributed by atoms with Crippen LogP contribution in [0.1, 0.15) is 18.2 Å². The summed E-state index contributed by atoms with van der Waals surface area (Å²) < 4.78 is 61.8. The topological polar surface area (TPSA) is 102 Å². The summed E-state index contributed by atoms with van der Waals surface area (Å²) in [7, 11) is 2.46. The molecule has 2 aromatic heterocycles. The van der Waals surface area contributed by atoms with E-state index < -0.39 is 35.2 Å². The maximum absolute atomic E-state index is 13.3. The van der Waals surface area contributed by atoms with Crippen LogP contribution in [0.15, 0.2) is 52.1 Å². The van der Waals surface area contributed by atoms with Gasteiger partial charge in [-0.1, -0.05) is 6.07 Å². The number of carbonyl (C=O) groups is 1. The van der Waals surface area contributed by atoms with Crippen molar-refractivity contribution in [3.8, 4) is 22.7 Å². The molecular formula is C26H24F3N3O6S. The van der Waals surface area contributed by atoms with Gasteiger partial charge in [0.25, 0.3) is 5.56 Å². The van der Waals surface area contributed by atoms with E-state index in [4.69, 9.17) is 14.2 Å². The number of esters is 1. The van der Waals surface area contributed by atoms with E-state index in [1.807, 2.05) is 6.92 Å². The van der Waals surface area contributed by atoms with Gasteiger partial charge in [0.1, 0.15) is 17.5 Å². The van der Waals surface area contributed by atoms with Gasteiger partial charge < -0.3 is 14.2 Å². The molecule has 39 heavy (non-hydrogen) atoms. The molecule has 0 bridgehead atoms. The number of benzene rings is 2. The third kappa shape index (κ3) is 5.88. The first-order valence-corrected chi connectivity index (χ1v) is 12.4. The summed E-state index contributed by atoms with van der Waals surface area (Å²) >= 11 is 1.18. The number of methoxy groups -OCH3 is 1. The molecule has 4 rings (SSSR count). The van der Waals surface area contributed by atoms with Gasteiger partial charge >= 0.3 is 17.8 Å². The Labute approximate surface area is 224 Å². The van der Waals surface area contributed by atoms with Crippen LogP contribution in [0.3, 0.4) is 0 Å². The fourth-order valence-electron chi connectivity index (χ4n) is 4.01. The fraction of sp³-hybridized carbons (Fsp3) is 0.308. The van der Waals surface area contributed by atoms with Crippen LogP contribution in [0.5, 0.6) is 5.75 Å². The molecule has 1 unspecified atom stereocenters. The summed E-state index contributed by atoms with van der Waals surface area (Å²) in [6.07, 6.45) is -5.28. The Hall–Kier alpha value is -3.97. The monoisotopic (exact) mass is 563 g/mol. The molecule has 1 atom stereocenters. The minimum absolute atomic E-state index is 0.0984. The van der Waals surface area contributed by atoms with Gasteiger partial charge in [0.2, 0.25) is 0 Å². The largest absolute Gasteiger partial charge is 0.482 e. The van der Waals surface area contributed by atoms with E-state index >= 15 is 0 Å². The lowest BCUT2D eigenvalue weighted by Gasteiger charge is -2.14. The average molecular weight is 564 g/mol. The molecule has 0 saturated heterocycles. The summed E-state index contributed by atoms with van der Waals surface area (Å²) in [5.74, 6) is -0.175. The lowest BCUT2D eigenvalue weighted by Crippen LogP contribution is -2.40. The lowest BCUT2D eigenvalue weighted by molar-refractivity contribution is -0.152. The highest BCUT2D eigenvalue weighted by molar-refractivity contribution is 7.13. The Bertz CT molecular complexity index is 1660. The number of aryl methyl sites for hydroxylation is 1. The molecule has 2 aromatic carbocycles. The standard InChI is InChI=1S/C26H24F3N3O6S/c1-14-5-7-17(37-13-23(34)38-15(2)12-36-4)10-18(14)24-19-9-16(6-8-20(19)39-30-24)32-22(33)11-21(26(27,28)29)31(3)25(32)35/h5-11,15H,12-13H2,1-4H3. The van der Waals surface area contributed by atoms with Crippen LogP contribution >= 0.6 is 11.5 Å². The summed E-state index contributed by atoms with van der Waals surface area (Å²) in [5, 5.41) is 0.583. The number of carbonyl (C=O) groups excluding carboxylic acids is 1. The molecule has 13 heteroatoms. The highest BCUT2D eigenvalue weighted by atomic mass is 32.1. The second-order valence-electron chi connectivity index (χ2n) is 8.78. The van der Waals surface area contributed by atoms with Crippen molar-refractivity contribution in [1.82, 2.24) is 13.5 Å². The van der Waals surface area contributed by atoms with Crippen molar-refractivity contribution in [2.75, 3.05) is 20.3 Å². The highest BCUT2D eigenvalue weighted by Gasteiger charge is 2.35. The van der Waals surface area contributed by atoms with Gasteiger partial charge in [0.05, 0.1) is 22.7 Å². The van der Waals surface area contributed by atoms with Crippen molar-refractivity contribution in [1.29, 1.82) is 0 Å². The number of hydrogen-bond acceptors (Lipinski definition) is 8. The normalized spacial score (nSPS) is 12.5. The number of fused-ring (bicyclic) bond motifs is 1. The third-order valence-corrected chi connectivity index (χ3v) is 6.70. The van der Waals surface area contributed by atoms with Crippen LogP contribution in [-0.2, 0) is 27.5 Å². The molecule has 4 aromatic rings. The zero-order valence-corrected chi connectivity index (χ0v) is 22.2. The van der Waals surface area contributed by atoms with E-state index in [2.05, 4.69) is 4.37 Å². The SMILES string of the molecule is COCC(C)OC(=O)COc1ccc(C)c(-c2nsc3ccc(-n4c(=O)cc(C(F)(F)F)n(C)c4=O)cc23)c1. The van der Waals surface area contributed by atoms with Gasteiger partial charge in [0.15, 0.2) is 6.61 Å². The number of hydrogen-bond donors (Lipinski definition) is 0. The number of nitrogens with zero attached hydrogens (tertiary/aromatic N) is 3. The fourth-order valence-corrected chi connectivity index (χ4v) is 4.78. The van der Waals surface area contributed by atoms with Crippen LogP contribution in [0.4, 0.5) is 13.2 Å². The van der Waals surface area contributed by atoms with Crippen molar-refractivity contribution in [3.05, 3.63) is 74.6 Å². The Kier molecular flexibility index (Phi) is 7.93. The van der Waals surface area contributed by atoms with Crippen molar-refractivity contribution >= 4 is 27.6 Å². The van der Waals surface area contributed by atoms with Gasteiger partial charge in [-0.2, -0.15) is 17.5 Å². The van der Waals surface area contributed by atoms with Crippen LogP contribution in [0.25, 0.3) is 27.0 Å². The van der Waals surface area contributed by atoms with Crippen LogP contribution in [0, 0.1) is 6.92 Å². The van der Waals surface area contributed by atoms with E-state index in [0.29, 0.717) is 37.6 Å². The predicted octanol–water partition coefficient (Wildman–Crippen LogP) is 4.10. The Morgan fingerprint density at radius 3 is 2.56 bits per heavy atom. The average Bonchev–Trinajstić information content (AvgIpc) is 3.28. The Balaban J connectivity index is 1.70. The van der Waals surface area contributed by atoms with E-state index in [-0.39, 0.29) is 18.9 Å². The summed E-state index contributed by atoms with van der Waals surface area (Å²) in [6.45, 7) is 3.48. The maximum Gasteiger partial charge on any atom is 0.431 e. The number of alkyl halides is 3. The predicted molar refractivity (Wildman–Crippen MR) is 139 cm³/mol. The quantitative estimate of drug-likeness (QED) is 0.298. The van der Waals surface area contributed by atoms with E-state index in [1.165, 1.54) is 30.8 Å². The van der Waals surface area contributed by atoms with Gasteiger partial charge in [-0.3, -0.25) is 9.36 Å². The molecule has 0 aliphatic rings. The van der Waals surface area contributed by atoms with Gasteiger partial charge in [-0.15, -0.1) is 0 Å². The first-order chi connectivity index (χ1) is 18.4. The Morgan fingerprint density at radius 1 is 1.13 bits per heavy atom. The van der Waals surface area contributed by atoms with Crippen molar-refractivity contribution in [2.45, 2.75) is 26.1 Å².